The third-order valence-electron chi connectivity index (χ3n) is 5.65. The average Bonchev–Trinajstić information content (AvgIpc) is 3.40. The molecule has 2 aliphatic rings. The van der Waals surface area contributed by atoms with Gasteiger partial charge in [-0.05, 0) is 37.7 Å². The van der Waals surface area contributed by atoms with Gasteiger partial charge in [0, 0.05) is 33.3 Å². The largest absolute Gasteiger partial charge is 0.376 e. The van der Waals surface area contributed by atoms with Gasteiger partial charge in [0.05, 0.1) is 11.8 Å². The van der Waals surface area contributed by atoms with Crippen LogP contribution in [0.3, 0.4) is 0 Å². The van der Waals surface area contributed by atoms with Crippen LogP contribution in [0, 0.1) is 0 Å². The number of aromatic nitrogens is 2. The van der Waals surface area contributed by atoms with Crippen molar-refractivity contribution in [2.45, 2.75) is 51.3 Å². The molecule has 154 valence electrons. The molecule has 2 amide bonds. The monoisotopic (exact) mass is 396 g/mol. The van der Waals surface area contributed by atoms with E-state index < -0.39 is 0 Å². The van der Waals surface area contributed by atoms with Gasteiger partial charge in [0.25, 0.3) is 11.8 Å². The van der Waals surface area contributed by atoms with E-state index in [0.717, 1.165) is 56.5 Å². The normalized spacial score (nSPS) is 18.3. The van der Waals surface area contributed by atoms with Gasteiger partial charge in [-0.15, -0.1) is 0 Å². The Labute approximate surface area is 171 Å². The summed E-state index contributed by atoms with van der Waals surface area (Å²) in [5, 5.41) is 2.95. The van der Waals surface area contributed by atoms with Crippen molar-refractivity contribution in [1.29, 1.82) is 0 Å². The Balaban J connectivity index is 1.52. The highest BCUT2D eigenvalue weighted by Gasteiger charge is 2.29. The second-order valence-electron chi connectivity index (χ2n) is 7.83. The summed E-state index contributed by atoms with van der Waals surface area (Å²) in [7, 11) is 1.77. The van der Waals surface area contributed by atoms with Gasteiger partial charge in [0.15, 0.2) is 5.82 Å². The van der Waals surface area contributed by atoms with Gasteiger partial charge in [-0.25, -0.2) is 4.98 Å². The lowest BCUT2D eigenvalue weighted by molar-refractivity contribution is 0.0766. The fourth-order valence-corrected chi connectivity index (χ4v) is 4.08. The minimum atomic E-state index is -0.212. The number of carbonyl (C=O) groups is 2. The first-order valence-electron chi connectivity index (χ1n) is 10.4. The summed E-state index contributed by atoms with van der Waals surface area (Å²) in [6.45, 7) is 2.47. The molecule has 3 heterocycles. The zero-order chi connectivity index (χ0) is 20.2. The molecule has 29 heavy (non-hydrogen) atoms. The van der Waals surface area contributed by atoms with Gasteiger partial charge < -0.3 is 19.5 Å². The molecule has 0 aliphatic carbocycles. The number of fused-ring (bicyclic) bond motifs is 1. The number of amides is 2. The Morgan fingerprint density at radius 2 is 2.07 bits per heavy atom. The van der Waals surface area contributed by atoms with Crippen LogP contribution in [-0.2, 0) is 24.2 Å². The molecule has 1 unspecified atom stereocenters. The molecule has 4 rings (SSSR count). The maximum atomic E-state index is 13.1. The van der Waals surface area contributed by atoms with E-state index in [1.807, 2.05) is 34.9 Å². The van der Waals surface area contributed by atoms with Gasteiger partial charge in [0.2, 0.25) is 0 Å². The molecule has 7 heteroatoms. The lowest BCUT2D eigenvalue weighted by Crippen LogP contribution is -2.32. The zero-order valence-corrected chi connectivity index (χ0v) is 16.9. The number of hydrogen-bond donors (Lipinski definition) is 1. The smallest absolute Gasteiger partial charge is 0.289 e. The molecule has 1 aromatic heterocycles. The summed E-state index contributed by atoms with van der Waals surface area (Å²) < 4.78 is 7.52. The van der Waals surface area contributed by atoms with Gasteiger partial charge in [-0.3, -0.25) is 9.59 Å². The fraction of sp³-hybridized carbons (Fsp3) is 0.500. The van der Waals surface area contributed by atoms with Gasteiger partial charge in [0.1, 0.15) is 5.69 Å². The number of ether oxygens (including phenoxy) is 1. The lowest BCUT2D eigenvalue weighted by atomic mass is 10.1. The molecule has 0 saturated carbocycles. The molecule has 0 spiro atoms. The highest BCUT2D eigenvalue weighted by molar-refractivity contribution is 5.97. The van der Waals surface area contributed by atoms with E-state index in [4.69, 9.17) is 4.74 Å². The molecule has 7 nitrogen and oxygen atoms in total. The van der Waals surface area contributed by atoms with Crippen molar-refractivity contribution >= 4 is 11.8 Å². The topological polar surface area (TPSA) is 76.5 Å². The minimum Gasteiger partial charge on any atom is -0.376 e. The van der Waals surface area contributed by atoms with Crippen LogP contribution >= 0.6 is 0 Å². The minimum absolute atomic E-state index is 0.0792. The molecule has 0 radical (unpaired) electrons. The van der Waals surface area contributed by atoms with Crippen LogP contribution in [0.1, 0.15) is 58.0 Å². The highest BCUT2D eigenvalue weighted by Crippen LogP contribution is 2.22. The summed E-state index contributed by atoms with van der Waals surface area (Å²) in [5.74, 6) is -0.00788. The van der Waals surface area contributed by atoms with Crippen LogP contribution in [0.4, 0.5) is 0 Å². The number of imidazole rings is 1. The Bertz CT molecular complexity index is 872. The summed E-state index contributed by atoms with van der Waals surface area (Å²) >= 11 is 0. The third kappa shape index (κ3) is 4.34. The predicted octanol–water partition coefficient (Wildman–Crippen LogP) is 2.40. The number of benzene rings is 1. The molecule has 1 N–H and O–H groups in total. The first-order valence-corrected chi connectivity index (χ1v) is 10.4. The van der Waals surface area contributed by atoms with Crippen LogP contribution in [0.5, 0.6) is 0 Å². The molecule has 1 aromatic carbocycles. The van der Waals surface area contributed by atoms with Crippen LogP contribution in [-0.4, -0.2) is 52.6 Å². The van der Waals surface area contributed by atoms with Gasteiger partial charge in [-0.2, -0.15) is 0 Å². The van der Waals surface area contributed by atoms with Crippen molar-refractivity contribution in [3.63, 3.8) is 0 Å². The molecule has 0 bridgehead atoms. The first-order chi connectivity index (χ1) is 14.1. The molecule has 2 aliphatic heterocycles. The molecular formula is C22H28N4O3. The van der Waals surface area contributed by atoms with E-state index in [-0.39, 0.29) is 17.9 Å². The fourth-order valence-electron chi connectivity index (χ4n) is 4.08. The van der Waals surface area contributed by atoms with Crippen LogP contribution in [0.15, 0.2) is 30.3 Å². The van der Waals surface area contributed by atoms with E-state index >= 15 is 0 Å². The quantitative estimate of drug-likeness (QED) is 0.814. The first kappa shape index (κ1) is 19.6. The van der Waals surface area contributed by atoms with E-state index in [2.05, 4.69) is 10.3 Å². The van der Waals surface area contributed by atoms with Gasteiger partial charge >= 0.3 is 0 Å². The Morgan fingerprint density at radius 1 is 1.24 bits per heavy atom. The van der Waals surface area contributed by atoms with E-state index in [9.17, 15) is 9.59 Å². The maximum absolute atomic E-state index is 13.1. The second-order valence-corrected chi connectivity index (χ2v) is 7.83. The number of nitrogens with one attached hydrogen (secondary N) is 1. The van der Waals surface area contributed by atoms with Crippen molar-refractivity contribution in [2.24, 2.45) is 0 Å². The highest BCUT2D eigenvalue weighted by atomic mass is 16.5. The average molecular weight is 396 g/mol. The summed E-state index contributed by atoms with van der Waals surface area (Å²) in [4.78, 5) is 32.1. The van der Waals surface area contributed by atoms with Crippen molar-refractivity contribution in [3.05, 3.63) is 53.1 Å². The molecule has 2 aromatic rings. The van der Waals surface area contributed by atoms with Gasteiger partial charge in [-0.1, -0.05) is 30.3 Å². The predicted molar refractivity (Wildman–Crippen MR) is 109 cm³/mol. The molecule has 1 fully saturated rings. The maximum Gasteiger partial charge on any atom is 0.289 e. The van der Waals surface area contributed by atoms with E-state index in [0.29, 0.717) is 24.6 Å². The summed E-state index contributed by atoms with van der Waals surface area (Å²) in [6, 6.07) is 9.87. The van der Waals surface area contributed by atoms with Crippen LogP contribution < -0.4 is 5.32 Å². The molecule has 1 saturated heterocycles. The van der Waals surface area contributed by atoms with Crippen molar-refractivity contribution in [2.75, 3.05) is 20.2 Å². The number of rotatable bonds is 6. The standard InChI is InChI=1S/C22H28N4O3/c1-25(15-16-8-3-2-4-9-16)22(28)20-24-19(18-11-5-6-12-26(18)20)21(27)23-14-17-10-7-13-29-17/h2-4,8-9,17H,5-7,10-15H2,1H3,(H,23,27). The lowest BCUT2D eigenvalue weighted by Gasteiger charge is -2.20. The SMILES string of the molecule is CN(Cc1ccccc1)C(=O)c1nc(C(=O)NCC2CCCO2)c2n1CCCC2. The summed E-state index contributed by atoms with van der Waals surface area (Å²) in [6.07, 6.45) is 4.85. The molecule has 1 atom stereocenters. The molecular weight excluding hydrogens is 368 g/mol. The second kappa shape index (κ2) is 8.78. The van der Waals surface area contributed by atoms with Crippen molar-refractivity contribution in [1.82, 2.24) is 19.8 Å². The number of nitrogens with zero attached hydrogens (tertiary/aromatic N) is 3. The number of hydrogen-bond acceptors (Lipinski definition) is 4. The Kier molecular flexibility index (Phi) is 5.94. The van der Waals surface area contributed by atoms with Crippen LogP contribution in [0.2, 0.25) is 0 Å². The Morgan fingerprint density at radius 3 is 2.83 bits per heavy atom. The van der Waals surface area contributed by atoms with Crippen molar-refractivity contribution < 1.29 is 14.3 Å². The van der Waals surface area contributed by atoms with Crippen molar-refractivity contribution in [3.8, 4) is 0 Å². The summed E-state index contributed by atoms with van der Waals surface area (Å²) in [5.41, 5.74) is 2.32. The Hall–Kier alpha value is -2.67. The van der Waals surface area contributed by atoms with E-state index in [1.54, 1.807) is 11.9 Å². The van der Waals surface area contributed by atoms with Crippen LogP contribution in [0.25, 0.3) is 0 Å². The zero-order valence-electron chi connectivity index (χ0n) is 16.9. The number of carbonyl (C=O) groups excluding carboxylic acids is 2. The third-order valence-corrected chi connectivity index (χ3v) is 5.65. The van der Waals surface area contributed by atoms with E-state index in [1.165, 1.54) is 0 Å².